The number of hydrogen-bond donors (Lipinski definition) is 0. The third-order valence-electron chi connectivity index (χ3n) is 3.34. The normalized spacial score (nSPS) is 16.5. The highest BCUT2D eigenvalue weighted by Gasteiger charge is 2.18. The summed E-state index contributed by atoms with van der Waals surface area (Å²) in [4.78, 5) is 20.5. The molecule has 0 radical (unpaired) electrons. The van der Waals surface area contributed by atoms with Crippen LogP contribution in [0.4, 0.5) is 0 Å². The summed E-state index contributed by atoms with van der Waals surface area (Å²) in [6.45, 7) is 1.96. The van der Waals surface area contributed by atoms with Crippen LogP contribution in [0.5, 0.6) is 0 Å². The van der Waals surface area contributed by atoms with Crippen LogP contribution in [0.1, 0.15) is 31.2 Å². The van der Waals surface area contributed by atoms with Crippen molar-refractivity contribution < 1.29 is 0 Å². The average molecular weight is 261 g/mol. The van der Waals surface area contributed by atoms with Gasteiger partial charge in [-0.25, -0.2) is 9.78 Å². The Bertz CT molecular complexity index is 632. The van der Waals surface area contributed by atoms with Gasteiger partial charge in [0.05, 0.1) is 0 Å². The maximum absolute atomic E-state index is 11.9. The van der Waals surface area contributed by atoms with E-state index in [0.717, 1.165) is 11.2 Å². The fourth-order valence-corrected chi connectivity index (χ4v) is 3.50. The van der Waals surface area contributed by atoms with Gasteiger partial charge in [-0.3, -0.25) is 4.40 Å². The molecule has 0 aromatic carbocycles. The number of aryl methyl sites for hydroxylation is 1. The Morgan fingerprint density at radius 1 is 1.33 bits per heavy atom. The number of thioether (sulfide) groups is 1. The van der Waals surface area contributed by atoms with E-state index in [2.05, 4.69) is 9.97 Å². The minimum absolute atomic E-state index is 0.232. The van der Waals surface area contributed by atoms with Crippen molar-refractivity contribution in [3.8, 4) is 0 Å². The average Bonchev–Trinajstić information content (AvgIpc) is 2.83. The van der Waals surface area contributed by atoms with Crippen molar-refractivity contribution in [1.29, 1.82) is 0 Å². The lowest BCUT2D eigenvalue weighted by Crippen LogP contribution is -2.20. The summed E-state index contributed by atoms with van der Waals surface area (Å²) in [5.74, 6) is 0. The molecule has 0 N–H and O–H groups in total. The predicted molar refractivity (Wildman–Crippen MR) is 72.1 cm³/mol. The molecule has 0 amide bonds. The van der Waals surface area contributed by atoms with Crippen LogP contribution in [-0.2, 0) is 0 Å². The van der Waals surface area contributed by atoms with Crippen molar-refractivity contribution in [3.63, 3.8) is 0 Å². The zero-order valence-corrected chi connectivity index (χ0v) is 11.1. The Morgan fingerprint density at radius 3 is 2.89 bits per heavy atom. The maximum Gasteiger partial charge on any atom is 0.355 e. The molecule has 2 aromatic rings. The summed E-state index contributed by atoms with van der Waals surface area (Å²) in [6, 6.07) is 3.81. The fourth-order valence-electron chi connectivity index (χ4n) is 2.36. The van der Waals surface area contributed by atoms with E-state index in [1.165, 1.54) is 30.1 Å². The van der Waals surface area contributed by atoms with Crippen LogP contribution in [0, 0.1) is 6.92 Å². The van der Waals surface area contributed by atoms with Gasteiger partial charge in [-0.2, -0.15) is 4.98 Å². The zero-order chi connectivity index (χ0) is 12.5. The minimum atomic E-state index is -0.232. The van der Waals surface area contributed by atoms with E-state index >= 15 is 0 Å². The van der Waals surface area contributed by atoms with Crippen LogP contribution in [0.15, 0.2) is 28.3 Å². The number of rotatable bonds is 2. The third-order valence-corrected chi connectivity index (χ3v) is 4.53. The quantitative estimate of drug-likeness (QED) is 0.833. The molecule has 0 unspecified atom stereocenters. The Morgan fingerprint density at radius 2 is 2.11 bits per heavy atom. The number of aromatic nitrogens is 3. The van der Waals surface area contributed by atoms with Crippen molar-refractivity contribution in [1.82, 2.24) is 14.4 Å². The number of hydrogen-bond acceptors (Lipinski definition) is 4. The van der Waals surface area contributed by atoms with Gasteiger partial charge in [-0.05, 0) is 31.4 Å². The lowest BCUT2D eigenvalue weighted by Gasteiger charge is -2.08. The van der Waals surface area contributed by atoms with Gasteiger partial charge in [0.25, 0.3) is 0 Å². The topological polar surface area (TPSA) is 47.3 Å². The van der Waals surface area contributed by atoms with E-state index in [0.29, 0.717) is 10.4 Å². The van der Waals surface area contributed by atoms with Crippen LogP contribution in [0.25, 0.3) is 5.65 Å². The van der Waals surface area contributed by atoms with Crippen LogP contribution in [0.2, 0.25) is 0 Å². The summed E-state index contributed by atoms with van der Waals surface area (Å²) >= 11 is 1.65. The highest BCUT2D eigenvalue weighted by Crippen LogP contribution is 2.32. The molecule has 1 saturated carbocycles. The first kappa shape index (κ1) is 11.7. The molecular weight excluding hydrogens is 246 g/mol. The Balaban J connectivity index is 2.03. The van der Waals surface area contributed by atoms with Crippen molar-refractivity contribution in [3.05, 3.63) is 34.4 Å². The van der Waals surface area contributed by atoms with Gasteiger partial charge < -0.3 is 0 Å². The largest absolute Gasteiger partial charge is 0.355 e. The summed E-state index contributed by atoms with van der Waals surface area (Å²) in [5, 5.41) is 1.21. The first-order valence-electron chi connectivity index (χ1n) is 6.27. The zero-order valence-electron chi connectivity index (χ0n) is 10.3. The van der Waals surface area contributed by atoms with Gasteiger partial charge in [0, 0.05) is 11.4 Å². The summed E-state index contributed by atoms with van der Waals surface area (Å²) in [5.41, 5.74) is 1.49. The van der Waals surface area contributed by atoms with Gasteiger partial charge in [0.2, 0.25) is 0 Å². The monoisotopic (exact) mass is 261 g/mol. The lowest BCUT2D eigenvalue weighted by molar-refractivity contribution is 0.828. The van der Waals surface area contributed by atoms with E-state index in [1.807, 2.05) is 19.1 Å². The van der Waals surface area contributed by atoms with Gasteiger partial charge >= 0.3 is 5.69 Å². The molecule has 0 aliphatic heterocycles. The molecule has 0 atom stereocenters. The van der Waals surface area contributed by atoms with E-state index < -0.39 is 0 Å². The van der Waals surface area contributed by atoms with E-state index in [4.69, 9.17) is 0 Å². The highest BCUT2D eigenvalue weighted by molar-refractivity contribution is 7.99. The van der Waals surface area contributed by atoms with E-state index in [-0.39, 0.29) is 5.69 Å². The molecular formula is C13H15N3OS. The third kappa shape index (κ3) is 2.14. The predicted octanol–water partition coefficient (Wildman–Crippen LogP) is 2.43. The van der Waals surface area contributed by atoms with Gasteiger partial charge in [-0.1, -0.05) is 30.7 Å². The fraction of sp³-hybridized carbons (Fsp3) is 0.462. The Labute approximate surface area is 109 Å². The summed E-state index contributed by atoms with van der Waals surface area (Å²) in [7, 11) is 0. The van der Waals surface area contributed by atoms with Crippen LogP contribution in [0.3, 0.4) is 0 Å². The summed E-state index contributed by atoms with van der Waals surface area (Å²) in [6.07, 6.45) is 6.70. The highest BCUT2D eigenvalue weighted by atomic mass is 32.2. The van der Waals surface area contributed by atoms with Gasteiger partial charge in [0.15, 0.2) is 5.16 Å². The molecule has 0 spiro atoms. The van der Waals surface area contributed by atoms with Crippen LogP contribution in [-0.4, -0.2) is 19.6 Å². The second-order valence-corrected chi connectivity index (χ2v) is 5.97. The van der Waals surface area contributed by atoms with E-state index in [9.17, 15) is 4.79 Å². The van der Waals surface area contributed by atoms with Crippen molar-refractivity contribution in [2.45, 2.75) is 43.0 Å². The minimum Gasteiger partial charge on any atom is -0.251 e. The van der Waals surface area contributed by atoms with Crippen molar-refractivity contribution in [2.24, 2.45) is 0 Å². The van der Waals surface area contributed by atoms with E-state index in [1.54, 1.807) is 18.0 Å². The molecule has 4 nitrogen and oxygen atoms in total. The number of nitrogens with zero attached hydrogens (tertiary/aromatic N) is 3. The van der Waals surface area contributed by atoms with Gasteiger partial charge in [-0.15, -0.1) is 0 Å². The smallest absolute Gasteiger partial charge is 0.251 e. The maximum atomic E-state index is 11.9. The van der Waals surface area contributed by atoms with Crippen molar-refractivity contribution >= 4 is 17.4 Å². The molecule has 1 fully saturated rings. The molecule has 94 valence electrons. The Hall–Kier alpha value is -1.36. The molecule has 3 rings (SSSR count). The van der Waals surface area contributed by atoms with Crippen molar-refractivity contribution in [2.75, 3.05) is 0 Å². The first-order valence-corrected chi connectivity index (χ1v) is 7.15. The lowest BCUT2D eigenvalue weighted by atomic mass is 10.3. The molecule has 5 heteroatoms. The molecule has 18 heavy (non-hydrogen) atoms. The summed E-state index contributed by atoms with van der Waals surface area (Å²) < 4.78 is 1.51. The molecule has 2 heterocycles. The molecule has 1 aliphatic rings. The number of fused-ring (bicyclic) bond motifs is 1. The second-order valence-electron chi connectivity index (χ2n) is 4.70. The molecule has 0 saturated heterocycles. The SMILES string of the molecule is Cc1cccn2c(=O)nc(SC3CCCC3)nc12. The molecule has 0 bridgehead atoms. The second kappa shape index (κ2) is 4.72. The first-order chi connectivity index (χ1) is 8.74. The van der Waals surface area contributed by atoms with Crippen LogP contribution < -0.4 is 5.69 Å². The molecule has 1 aliphatic carbocycles. The van der Waals surface area contributed by atoms with Gasteiger partial charge in [0.1, 0.15) is 5.65 Å². The standard InChI is InChI=1S/C13H15N3OS/c1-9-5-4-8-16-11(9)14-12(15-13(16)17)18-10-6-2-3-7-10/h4-5,8,10H,2-3,6-7H2,1H3. The molecule has 2 aromatic heterocycles. The Kier molecular flexibility index (Phi) is 3.07. The van der Waals surface area contributed by atoms with Crippen LogP contribution >= 0.6 is 11.8 Å². The number of pyridine rings is 1.